The Morgan fingerprint density at radius 1 is 1.15 bits per heavy atom. The van der Waals surface area contributed by atoms with E-state index in [4.69, 9.17) is 11.6 Å². The SMILES string of the molecule is CC(=O)c1ccc(CN(C2CC2)S(=O)(=O)c2c(F)cc(F)c(Cl)c2F)cc1. The van der Waals surface area contributed by atoms with Crippen LogP contribution in [0, 0.1) is 17.5 Å². The molecule has 0 aliphatic heterocycles. The molecule has 1 fully saturated rings. The summed E-state index contributed by atoms with van der Waals surface area (Å²) in [6.07, 6.45) is 1.09. The highest BCUT2D eigenvalue weighted by Crippen LogP contribution is 2.37. The molecule has 0 bridgehead atoms. The second-order valence-corrected chi connectivity index (χ2v) is 8.54. The molecular formula is C18H15ClF3NO3S. The van der Waals surface area contributed by atoms with Crippen molar-refractivity contribution in [2.75, 3.05) is 0 Å². The first-order chi connectivity index (χ1) is 12.6. The van der Waals surface area contributed by atoms with Crippen molar-refractivity contribution >= 4 is 27.4 Å². The molecule has 0 saturated heterocycles. The highest BCUT2D eigenvalue weighted by Gasteiger charge is 2.41. The first-order valence-corrected chi connectivity index (χ1v) is 9.89. The molecule has 0 aromatic heterocycles. The number of benzene rings is 2. The zero-order chi connectivity index (χ0) is 19.9. The van der Waals surface area contributed by atoms with E-state index < -0.39 is 43.4 Å². The van der Waals surface area contributed by atoms with E-state index in [1.807, 2.05) is 0 Å². The van der Waals surface area contributed by atoms with Crippen LogP contribution in [0.15, 0.2) is 35.2 Å². The van der Waals surface area contributed by atoms with Gasteiger partial charge in [-0.15, -0.1) is 0 Å². The predicted octanol–water partition coefficient (Wildman–Crippen LogP) is 4.31. The van der Waals surface area contributed by atoms with Crippen LogP contribution in [-0.4, -0.2) is 24.5 Å². The lowest BCUT2D eigenvalue weighted by Gasteiger charge is -2.23. The van der Waals surface area contributed by atoms with E-state index in [-0.39, 0.29) is 18.4 Å². The quantitative estimate of drug-likeness (QED) is 0.400. The van der Waals surface area contributed by atoms with Gasteiger partial charge in [-0.3, -0.25) is 4.79 Å². The first-order valence-electron chi connectivity index (χ1n) is 8.07. The fourth-order valence-electron chi connectivity index (χ4n) is 2.70. The van der Waals surface area contributed by atoms with Crippen LogP contribution in [0.2, 0.25) is 5.02 Å². The minimum absolute atomic E-state index is 0.140. The summed E-state index contributed by atoms with van der Waals surface area (Å²) in [4.78, 5) is 10.1. The van der Waals surface area contributed by atoms with Gasteiger partial charge in [-0.25, -0.2) is 21.6 Å². The second-order valence-electron chi connectivity index (χ2n) is 6.33. The zero-order valence-corrected chi connectivity index (χ0v) is 15.7. The zero-order valence-electron chi connectivity index (χ0n) is 14.2. The van der Waals surface area contributed by atoms with Crippen molar-refractivity contribution in [1.29, 1.82) is 0 Å². The molecule has 144 valence electrons. The molecule has 0 heterocycles. The van der Waals surface area contributed by atoms with Crippen LogP contribution in [0.25, 0.3) is 0 Å². The van der Waals surface area contributed by atoms with Crippen LogP contribution >= 0.6 is 11.6 Å². The van der Waals surface area contributed by atoms with Gasteiger partial charge in [0.05, 0.1) is 0 Å². The van der Waals surface area contributed by atoms with E-state index in [9.17, 15) is 26.4 Å². The Balaban J connectivity index is 2.00. The molecule has 0 spiro atoms. The summed E-state index contributed by atoms with van der Waals surface area (Å²) in [5.41, 5.74) is 1.01. The number of nitrogens with zero attached hydrogens (tertiary/aromatic N) is 1. The molecular weight excluding hydrogens is 403 g/mol. The van der Waals surface area contributed by atoms with E-state index in [2.05, 4.69) is 0 Å². The molecule has 2 aromatic carbocycles. The van der Waals surface area contributed by atoms with E-state index in [0.29, 0.717) is 24.0 Å². The summed E-state index contributed by atoms with van der Waals surface area (Å²) in [6.45, 7) is 1.26. The van der Waals surface area contributed by atoms with Gasteiger partial charge in [0.25, 0.3) is 0 Å². The van der Waals surface area contributed by atoms with Crippen molar-refractivity contribution in [3.8, 4) is 0 Å². The molecule has 0 atom stereocenters. The third-order valence-electron chi connectivity index (χ3n) is 4.29. The van der Waals surface area contributed by atoms with Crippen molar-refractivity contribution < 1.29 is 26.4 Å². The lowest BCUT2D eigenvalue weighted by molar-refractivity contribution is 0.101. The molecule has 0 amide bonds. The van der Waals surface area contributed by atoms with Crippen molar-refractivity contribution in [3.63, 3.8) is 0 Å². The van der Waals surface area contributed by atoms with E-state index in [1.54, 1.807) is 24.3 Å². The fraction of sp³-hybridized carbons (Fsp3) is 0.278. The summed E-state index contributed by atoms with van der Waals surface area (Å²) < 4.78 is 68.6. The van der Waals surface area contributed by atoms with Crippen LogP contribution in [0.1, 0.15) is 35.7 Å². The van der Waals surface area contributed by atoms with Gasteiger partial charge in [0.2, 0.25) is 10.0 Å². The maximum Gasteiger partial charge on any atom is 0.249 e. The summed E-state index contributed by atoms with van der Waals surface area (Å²) in [7, 11) is -4.60. The maximum absolute atomic E-state index is 14.3. The van der Waals surface area contributed by atoms with Gasteiger partial charge in [0.15, 0.2) is 16.5 Å². The minimum atomic E-state index is -4.60. The van der Waals surface area contributed by atoms with Gasteiger partial charge in [-0.2, -0.15) is 4.31 Å². The normalized spacial score (nSPS) is 14.6. The van der Waals surface area contributed by atoms with Gasteiger partial charge in [0.1, 0.15) is 16.7 Å². The number of carbonyl (C=O) groups is 1. The Hall–Kier alpha value is -1.90. The molecule has 1 aliphatic carbocycles. The van der Waals surface area contributed by atoms with Gasteiger partial charge in [-0.05, 0) is 25.3 Å². The van der Waals surface area contributed by atoms with Crippen LogP contribution in [0.4, 0.5) is 13.2 Å². The van der Waals surface area contributed by atoms with Gasteiger partial charge < -0.3 is 0 Å². The molecule has 2 aromatic rings. The van der Waals surface area contributed by atoms with Gasteiger partial charge >= 0.3 is 0 Å². The lowest BCUT2D eigenvalue weighted by atomic mass is 10.1. The van der Waals surface area contributed by atoms with Gasteiger partial charge in [0, 0.05) is 24.2 Å². The van der Waals surface area contributed by atoms with Crippen molar-refractivity contribution in [3.05, 3.63) is 63.9 Å². The Morgan fingerprint density at radius 2 is 1.74 bits per heavy atom. The number of rotatable bonds is 6. The molecule has 1 saturated carbocycles. The van der Waals surface area contributed by atoms with Crippen LogP contribution < -0.4 is 0 Å². The first kappa shape index (κ1) is 19.9. The Bertz CT molecular complexity index is 1010. The highest BCUT2D eigenvalue weighted by molar-refractivity contribution is 7.89. The van der Waals surface area contributed by atoms with Gasteiger partial charge in [-0.1, -0.05) is 35.9 Å². The van der Waals surface area contributed by atoms with Crippen molar-refractivity contribution in [2.24, 2.45) is 0 Å². The third kappa shape index (κ3) is 3.88. The Morgan fingerprint density at radius 3 is 2.26 bits per heavy atom. The van der Waals surface area contributed by atoms with E-state index >= 15 is 0 Å². The Kier molecular flexibility index (Phi) is 5.33. The molecule has 3 rings (SSSR count). The van der Waals surface area contributed by atoms with Crippen LogP contribution in [0.5, 0.6) is 0 Å². The van der Waals surface area contributed by atoms with Crippen LogP contribution in [0.3, 0.4) is 0 Å². The standard InChI is InChI=1S/C18H15ClF3NO3S/c1-10(24)12-4-2-11(3-5-12)9-23(13-6-7-13)27(25,26)18-15(21)8-14(20)16(19)17(18)22/h2-5,8,13H,6-7,9H2,1H3. The minimum Gasteiger partial charge on any atom is -0.295 e. The number of hydrogen-bond acceptors (Lipinski definition) is 3. The van der Waals surface area contributed by atoms with E-state index in [1.165, 1.54) is 6.92 Å². The Labute approximate surface area is 159 Å². The van der Waals surface area contributed by atoms with Crippen molar-refractivity contribution in [1.82, 2.24) is 4.31 Å². The molecule has 27 heavy (non-hydrogen) atoms. The number of halogens is 4. The third-order valence-corrected chi connectivity index (χ3v) is 6.57. The molecule has 4 nitrogen and oxygen atoms in total. The van der Waals surface area contributed by atoms with Crippen molar-refractivity contribution in [2.45, 2.75) is 37.2 Å². The molecule has 1 aliphatic rings. The average Bonchev–Trinajstić information content (AvgIpc) is 3.42. The number of Topliss-reactive ketones (excluding diaryl/α,β-unsaturated/α-hetero) is 1. The topological polar surface area (TPSA) is 54.5 Å². The number of sulfonamides is 1. The fourth-order valence-corrected chi connectivity index (χ4v) is 4.70. The molecule has 9 heteroatoms. The number of ketones is 1. The monoisotopic (exact) mass is 417 g/mol. The summed E-state index contributed by atoms with van der Waals surface area (Å²) in [5.74, 6) is -4.69. The number of carbonyl (C=O) groups excluding carboxylic acids is 1. The number of hydrogen-bond donors (Lipinski definition) is 0. The molecule has 0 radical (unpaired) electrons. The largest absolute Gasteiger partial charge is 0.295 e. The maximum atomic E-state index is 14.3. The second kappa shape index (κ2) is 7.26. The molecule has 0 unspecified atom stereocenters. The summed E-state index contributed by atoms with van der Waals surface area (Å²) in [5, 5.41) is -1.07. The molecule has 0 N–H and O–H groups in total. The average molecular weight is 418 g/mol. The summed E-state index contributed by atoms with van der Waals surface area (Å²) in [6, 6.07) is 6.09. The smallest absolute Gasteiger partial charge is 0.249 e. The summed E-state index contributed by atoms with van der Waals surface area (Å²) >= 11 is 5.44. The van der Waals surface area contributed by atoms with E-state index in [0.717, 1.165) is 4.31 Å². The van der Waals surface area contributed by atoms with Crippen LogP contribution in [-0.2, 0) is 16.6 Å². The predicted molar refractivity (Wildman–Crippen MR) is 93.5 cm³/mol. The highest BCUT2D eigenvalue weighted by atomic mass is 35.5. The lowest BCUT2D eigenvalue weighted by Crippen LogP contribution is -2.34.